The number of ether oxygens (including phenoxy) is 2. The van der Waals surface area contributed by atoms with Gasteiger partial charge < -0.3 is 15.2 Å². The number of nitro groups is 1. The molecule has 0 amide bonds. The summed E-state index contributed by atoms with van der Waals surface area (Å²) in [5.41, 5.74) is 6.80. The van der Waals surface area contributed by atoms with Crippen LogP contribution in [0.15, 0.2) is 12.1 Å². The zero-order valence-electron chi connectivity index (χ0n) is 19.3. The minimum absolute atomic E-state index is 0.00652. The van der Waals surface area contributed by atoms with Gasteiger partial charge in [-0.3, -0.25) is 15.4 Å². The summed E-state index contributed by atoms with van der Waals surface area (Å²) < 4.78 is 12.7. The van der Waals surface area contributed by atoms with Crippen LogP contribution in [0.5, 0.6) is 11.5 Å². The average Bonchev–Trinajstić information content (AvgIpc) is 3.33. The van der Waals surface area contributed by atoms with E-state index in [1.165, 1.54) is 26.7 Å². The van der Waals surface area contributed by atoms with E-state index in [4.69, 9.17) is 15.2 Å². The van der Waals surface area contributed by atoms with Crippen molar-refractivity contribution in [2.24, 2.45) is 5.73 Å². The van der Waals surface area contributed by atoms with Crippen molar-refractivity contribution < 1.29 is 14.4 Å². The Labute approximate surface area is 193 Å². The molecule has 0 saturated heterocycles. The molecule has 0 spiro atoms. The van der Waals surface area contributed by atoms with Crippen LogP contribution in [0.2, 0.25) is 0 Å². The van der Waals surface area contributed by atoms with Gasteiger partial charge in [0.05, 0.1) is 36.8 Å². The van der Waals surface area contributed by atoms with Gasteiger partial charge in [-0.1, -0.05) is 32.1 Å². The quantitative estimate of drug-likeness (QED) is 0.449. The minimum Gasteiger partial charge on any atom is -0.493 e. The largest absolute Gasteiger partial charge is 0.493 e. The number of nitrogens with one attached hydrogen (secondary N) is 1. The highest BCUT2D eigenvalue weighted by Crippen LogP contribution is 2.40. The summed E-state index contributed by atoms with van der Waals surface area (Å²) in [5.74, 6) is 1.28. The maximum atomic E-state index is 12.1. The fourth-order valence-corrected chi connectivity index (χ4v) is 5.13. The molecule has 33 heavy (non-hydrogen) atoms. The highest BCUT2D eigenvalue weighted by atomic mass is 16.6. The summed E-state index contributed by atoms with van der Waals surface area (Å²) in [6.45, 7) is 0. The van der Waals surface area contributed by atoms with Gasteiger partial charge in [-0.05, 0) is 42.2 Å². The smallest absolute Gasteiger partial charge is 0.278 e. The molecule has 3 N–H and O–H groups in total. The Kier molecular flexibility index (Phi) is 7.39. The van der Waals surface area contributed by atoms with Gasteiger partial charge in [-0.2, -0.15) is 0 Å². The number of tetrazole rings is 1. The standard InChI is InChI=1S/C22H33N7O4/c1-32-19-12-15(18(29(30)31)13-20(19)33-2)21(24-17-11-7-6-10-16(17)23)22-25-26-27-28(22)14-8-4-3-5-9-14/h12-14,16-17,21,24H,3-11,23H2,1-2H3. The lowest BCUT2D eigenvalue weighted by Gasteiger charge is -2.33. The van der Waals surface area contributed by atoms with E-state index >= 15 is 0 Å². The third-order valence-corrected chi connectivity index (χ3v) is 6.94. The first-order valence-electron chi connectivity index (χ1n) is 11.7. The Morgan fingerprint density at radius 2 is 1.76 bits per heavy atom. The van der Waals surface area contributed by atoms with Crippen LogP contribution in [-0.4, -0.2) is 51.4 Å². The van der Waals surface area contributed by atoms with Crippen molar-refractivity contribution in [3.63, 3.8) is 0 Å². The van der Waals surface area contributed by atoms with E-state index in [9.17, 15) is 10.1 Å². The fourth-order valence-electron chi connectivity index (χ4n) is 5.13. The van der Waals surface area contributed by atoms with E-state index in [0.717, 1.165) is 51.4 Å². The second-order valence-electron chi connectivity index (χ2n) is 8.95. The van der Waals surface area contributed by atoms with E-state index < -0.39 is 11.0 Å². The van der Waals surface area contributed by atoms with Gasteiger partial charge in [0.1, 0.15) is 6.04 Å². The normalized spacial score (nSPS) is 22.6. The lowest BCUT2D eigenvalue weighted by atomic mass is 9.89. The summed E-state index contributed by atoms with van der Waals surface area (Å²) in [5, 5.41) is 28.3. The van der Waals surface area contributed by atoms with Crippen molar-refractivity contribution in [3.05, 3.63) is 33.6 Å². The van der Waals surface area contributed by atoms with Crippen LogP contribution in [0, 0.1) is 10.1 Å². The third kappa shape index (κ3) is 4.93. The van der Waals surface area contributed by atoms with Crippen molar-refractivity contribution in [1.82, 2.24) is 25.5 Å². The van der Waals surface area contributed by atoms with Crippen LogP contribution in [0.25, 0.3) is 0 Å². The summed E-state index contributed by atoms with van der Waals surface area (Å²) in [7, 11) is 2.97. The van der Waals surface area contributed by atoms with Gasteiger partial charge >= 0.3 is 0 Å². The van der Waals surface area contributed by atoms with Gasteiger partial charge in [0, 0.05) is 12.1 Å². The summed E-state index contributed by atoms with van der Waals surface area (Å²) in [6, 6.07) is 2.57. The molecular weight excluding hydrogens is 426 g/mol. The minimum atomic E-state index is -0.615. The highest BCUT2D eigenvalue weighted by Gasteiger charge is 2.35. The van der Waals surface area contributed by atoms with Crippen LogP contribution in [0.1, 0.15) is 81.3 Å². The van der Waals surface area contributed by atoms with Crippen LogP contribution >= 0.6 is 0 Å². The van der Waals surface area contributed by atoms with E-state index in [-0.39, 0.29) is 23.8 Å². The van der Waals surface area contributed by atoms with Crippen molar-refractivity contribution >= 4 is 5.69 Å². The summed E-state index contributed by atoms with van der Waals surface area (Å²) >= 11 is 0. The summed E-state index contributed by atoms with van der Waals surface area (Å²) in [6.07, 6.45) is 9.35. The molecular formula is C22H33N7O4. The van der Waals surface area contributed by atoms with Crippen molar-refractivity contribution in [2.45, 2.75) is 82.0 Å². The number of nitro benzene ring substituents is 1. The number of aromatic nitrogens is 4. The average molecular weight is 460 g/mol. The molecule has 180 valence electrons. The Morgan fingerprint density at radius 3 is 2.42 bits per heavy atom. The monoisotopic (exact) mass is 459 g/mol. The molecule has 3 atom stereocenters. The molecule has 2 aromatic rings. The maximum Gasteiger partial charge on any atom is 0.278 e. The zero-order chi connectivity index (χ0) is 23.4. The maximum absolute atomic E-state index is 12.1. The SMILES string of the molecule is COc1cc(C(NC2CCCCC2N)c2nnnn2C2CCCCC2)c([N+](=O)[O-])cc1OC. The predicted octanol–water partition coefficient (Wildman–Crippen LogP) is 3.05. The molecule has 11 heteroatoms. The van der Waals surface area contributed by atoms with Crippen molar-refractivity contribution in [1.29, 1.82) is 0 Å². The first-order chi connectivity index (χ1) is 16.0. The second-order valence-corrected chi connectivity index (χ2v) is 8.95. The van der Waals surface area contributed by atoms with E-state index in [1.807, 2.05) is 4.68 Å². The molecule has 1 aromatic heterocycles. The van der Waals surface area contributed by atoms with Gasteiger partial charge in [-0.15, -0.1) is 5.10 Å². The van der Waals surface area contributed by atoms with E-state index in [2.05, 4.69) is 20.8 Å². The van der Waals surface area contributed by atoms with Gasteiger partial charge in [0.2, 0.25) is 0 Å². The van der Waals surface area contributed by atoms with Crippen LogP contribution in [0.4, 0.5) is 5.69 Å². The molecule has 2 aliphatic rings. The molecule has 2 saturated carbocycles. The number of benzene rings is 1. The molecule has 1 heterocycles. The Bertz CT molecular complexity index is 960. The number of rotatable bonds is 8. The Balaban J connectivity index is 1.82. The number of hydrogen-bond donors (Lipinski definition) is 2. The molecule has 0 radical (unpaired) electrons. The molecule has 1 aromatic carbocycles. The van der Waals surface area contributed by atoms with Crippen LogP contribution in [-0.2, 0) is 0 Å². The first-order valence-corrected chi connectivity index (χ1v) is 11.7. The third-order valence-electron chi connectivity index (χ3n) is 6.94. The lowest BCUT2D eigenvalue weighted by molar-refractivity contribution is -0.385. The summed E-state index contributed by atoms with van der Waals surface area (Å²) in [4.78, 5) is 11.7. The Morgan fingerprint density at radius 1 is 1.09 bits per heavy atom. The number of methoxy groups -OCH3 is 2. The number of hydrogen-bond acceptors (Lipinski definition) is 9. The Hall–Kier alpha value is -2.79. The zero-order valence-corrected chi connectivity index (χ0v) is 19.3. The first kappa shape index (κ1) is 23.4. The van der Waals surface area contributed by atoms with Crippen molar-refractivity contribution in [2.75, 3.05) is 14.2 Å². The topological polar surface area (TPSA) is 143 Å². The second kappa shape index (κ2) is 10.4. The molecule has 0 aliphatic heterocycles. The lowest BCUT2D eigenvalue weighted by Crippen LogP contribution is -2.49. The van der Waals surface area contributed by atoms with E-state index in [1.54, 1.807) is 6.07 Å². The van der Waals surface area contributed by atoms with Gasteiger partial charge in [0.25, 0.3) is 5.69 Å². The highest BCUT2D eigenvalue weighted by molar-refractivity contribution is 5.56. The van der Waals surface area contributed by atoms with Crippen molar-refractivity contribution in [3.8, 4) is 11.5 Å². The molecule has 3 unspecified atom stereocenters. The molecule has 2 aliphatic carbocycles. The van der Waals surface area contributed by atoms with Crippen LogP contribution < -0.4 is 20.5 Å². The predicted molar refractivity (Wildman–Crippen MR) is 121 cm³/mol. The molecule has 2 fully saturated rings. The molecule has 11 nitrogen and oxygen atoms in total. The van der Waals surface area contributed by atoms with Crippen LogP contribution in [0.3, 0.4) is 0 Å². The van der Waals surface area contributed by atoms with E-state index in [0.29, 0.717) is 22.9 Å². The fraction of sp³-hybridized carbons (Fsp3) is 0.682. The molecule has 0 bridgehead atoms. The number of nitrogens with zero attached hydrogens (tertiary/aromatic N) is 5. The number of nitrogens with two attached hydrogens (primary N) is 1. The molecule has 4 rings (SSSR count). The van der Waals surface area contributed by atoms with Gasteiger partial charge in [0.15, 0.2) is 17.3 Å². The van der Waals surface area contributed by atoms with Gasteiger partial charge in [-0.25, -0.2) is 4.68 Å².